The monoisotopic (exact) mass is 234 g/mol. The van der Waals surface area contributed by atoms with Crippen molar-refractivity contribution in [2.45, 2.75) is 39.3 Å². The molecule has 1 fully saturated rings. The molecule has 0 spiro atoms. The maximum Gasteiger partial charge on any atom is 0.213 e. The SMILES string of the molecule is COc1cccc(CNC2CCC(C)C2C)n1. The van der Waals surface area contributed by atoms with E-state index in [1.54, 1.807) is 7.11 Å². The van der Waals surface area contributed by atoms with Gasteiger partial charge in [-0.15, -0.1) is 0 Å². The maximum absolute atomic E-state index is 5.13. The van der Waals surface area contributed by atoms with Crippen LogP contribution in [0.1, 0.15) is 32.4 Å². The van der Waals surface area contributed by atoms with E-state index in [1.807, 2.05) is 18.2 Å². The van der Waals surface area contributed by atoms with Gasteiger partial charge in [0.05, 0.1) is 12.8 Å². The zero-order chi connectivity index (χ0) is 12.3. The van der Waals surface area contributed by atoms with Gasteiger partial charge in [0, 0.05) is 18.7 Å². The van der Waals surface area contributed by atoms with E-state index in [1.165, 1.54) is 12.8 Å². The van der Waals surface area contributed by atoms with Crippen molar-refractivity contribution in [3.05, 3.63) is 23.9 Å². The number of aromatic nitrogens is 1. The predicted octanol–water partition coefficient (Wildman–Crippen LogP) is 2.61. The van der Waals surface area contributed by atoms with Gasteiger partial charge in [0.1, 0.15) is 0 Å². The zero-order valence-corrected chi connectivity index (χ0v) is 10.9. The molecule has 0 bridgehead atoms. The molecular formula is C14H22N2O. The van der Waals surface area contributed by atoms with Crippen molar-refractivity contribution in [1.82, 2.24) is 10.3 Å². The second kappa shape index (κ2) is 5.50. The van der Waals surface area contributed by atoms with Gasteiger partial charge >= 0.3 is 0 Å². The number of nitrogens with one attached hydrogen (secondary N) is 1. The molecule has 0 radical (unpaired) electrons. The Bertz CT molecular complexity index is 367. The molecular weight excluding hydrogens is 212 g/mol. The molecule has 3 atom stereocenters. The molecule has 1 heterocycles. The van der Waals surface area contributed by atoms with Crippen LogP contribution in [0.3, 0.4) is 0 Å². The zero-order valence-electron chi connectivity index (χ0n) is 10.9. The third-order valence-electron chi connectivity index (χ3n) is 4.00. The lowest BCUT2D eigenvalue weighted by Crippen LogP contribution is -2.32. The van der Waals surface area contributed by atoms with Crippen LogP contribution in [0.25, 0.3) is 0 Å². The van der Waals surface area contributed by atoms with Crippen LogP contribution >= 0.6 is 0 Å². The first kappa shape index (κ1) is 12.4. The van der Waals surface area contributed by atoms with Crippen LogP contribution in [0, 0.1) is 11.8 Å². The van der Waals surface area contributed by atoms with Crippen molar-refractivity contribution in [1.29, 1.82) is 0 Å². The molecule has 1 aliphatic carbocycles. The Morgan fingerprint density at radius 1 is 1.35 bits per heavy atom. The van der Waals surface area contributed by atoms with Crippen LogP contribution < -0.4 is 10.1 Å². The summed E-state index contributed by atoms with van der Waals surface area (Å²) in [7, 11) is 1.65. The molecule has 0 amide bonds. The van der Waals surface area contributed by atoms with Crippen molar-refractivity contribution in [3.8, 4) is 5.88 Å². The van der Waals surface area contributed by atoms with Crippen molar-refractivity contribution >= 4 is 0 Å². The fourth-order valence-electron chi connectivity index (χ4n) is 2.56. The summed E-state index contributed by atoms with van der Waals surface area (Å²) in [5.74, 6) is 2.29. The van der Waals surface area contributed by atoms with Crippen LogP contribution in [0.5, 0.6) is 5.88 Å². The minimum atomic E-state index is 0.637. The number of ether oxygens (including phenoxy) is 1. The number of hydrogen-bond donors (Lipinski definition) is 1. The average molecular weight is 234 g/mol. The Kier molecular flexibility index (Phi) is 4.00. The first-order chi connectivity index (χ1) is 8.20. The fourth-order valence-corrected chi connectivity index (χ4v) is 2.56. The molecule has 3 nitrogen and oxygen atoms in total. The van der Waals surface area contributed by atoms with Gasteiger partial charge in [-0.25, -0.2) is 4.98 Å². The van der Waals surface area contributed by atoms with Crippen LogP contribution in [0.2, 0.25) is 0 Å². The van der Waals surface area contributed by atoms with E-state index < -0.39 is 0 Å². The lowest BCUT2D eigenvalue weighted by Gasteiger charge is -2.19. The molecule has 3 heteroatoms. The Morgan fingerprint density at radius 3 is 2.82 bits per heavy atom. The van der Waals surface area contributed by atoms with Crippen LogP contribution in [0.15, 0.2) is 18.2 Å². The molecule has 1 N–H and O–H groups in total. The lowest BCUT2D eigenvalue weighted by atomic mass is 9.98. The summed E-state index contributed by atoms with van der Waals surface area (Å²) in [5.41, 5.74) is 1.05. The van der Waals surface area contributed by atoms with Crippen LogP contribution in [0.4, 0.5) is 0 Å². The molecule has 1 aromatic heterocycles. The highest BCUT2D eigenvalue weighted by molar-refractivity contribution is 5.15. The molecule has 0 saturated heterocycles. The van der Waals surface area contributed by atoms with Gasteiger partial charge in [0.25, 0.3) is 0 Å². The lowest BCUT2D eigenvalue weighted by molar-refractivity contribution is 0.365. The standard InChI is InChI=1S/C14H22N2O/c1-10-7-8-13(11(10)2)15-9-12-5-4-6-14(16-12)17-3/h4-6,10-11,13,15H,7-9H2,1-3H3. The number of nitrogens with zero attached hydrogens (tertiary/aromatic N) is 1. The van der Waals surface area contributed by atoms with Crippen molar-refractivity contribution in [3.63, 3.8) is 0 Å². The van der Waals surface area contributed by atoms with E-state index in [4.69, 9.17) is 4.74 Å². The summed E-state index contributed by atoms with van der Waals surface area (Å²) in [6.07, 6.45) is 2.62. The highest BCUT2D eigenvalue weighted by Gasteiger charge is 2.29. The van der Waals surface area contributed by atoms with Crippen LogP contribution in [-0.4, -0.2) is 18.1 Å². The van der Waals surface area contributed by atoms with Gasteiger partial charge in [-0.05, 0) is 30.7 Å². The van der Waals surface area contributed by atoms with E-state index in [0.29, 0.717) is 11.9 Å². The highest BCUT2D eigenvalue weighted by Crippen LogP contribution is 2.31. The summed E-state index contributed by atoms with van der Waals surface area (Å²) in [6.45, 7) is 5.52. The van der Waals surface area contributed by atoms with E-state index in [0.717, 1.165) is 24.1 Å². The van der Waals surface area contributed by atoms with Gasteiger partial charge in [-0.2, -0.15) is 0 Å². The molecule has 3 unspecified atom stereocenters. The molecule has 94 valence electrons. The minimum Gasteiger partial charge on any atom is -0.481 e. The summed E-state index contributed by atoms with van der Waals surface area (Å²) in [4.78, 5) is 4.41. The molecule has 1 aromatic rings. The number of methoxy groups -OCH3 is 1. The summed E-state index contributed by atoms with van der Waals surface area (Å²) in [6, 6.07) is 6.55. The summed E-state index contributed by atoms with van der Waals surface area (Å²) < 4.78 is 5.13. The molecule has 2 rings (SSSR count). The minimum absolute atomic E-state index is 0.637. The number of pyridine rings is 1. The maximum atomic E-state index is 5.13. The van der Waals surface area contributed by atoms with Crippen molar-refractivity contribution < 1.29 is 4.74 Å². The second-order valence-electron chi connectivity index (χ2n) is 5.07. The molecule has 1 aliphatic rings. The van der Waals surface area contributed by atoms with Gasteiger partial charge in [0.2, 0.25) is 5.88 Å². The van der Waals surface area contributed by atoms with E-state index >= 15 is 0 Å². The second-order valence-corrected chi connectivity index (χ2v) is 5.07. The fraction of sp³-hybridized carbons (Fsp3) is 0.643. The van der Waals surface area contributed by atoms with Gasteiger partial charge in [-0.1, -0.05) is 19.9 Å². The Hall–Kier alpha value is -1.09. The molecule has 0 aromatic carbocycles. The summed E-state index contributed by atoms with van der Waals surface area (Å²) >= 11 is 0. The number of hydrogen-bond acceptors (Lipinski definition) is 3. The quantitative estimate of drug-likeness (QED) is 0.869. The topological polar surface area (TPSA) is 34.1 Å². The van der Waals surface area contributed by atoms with Crippen molar-refractivity contribution in [2.75, 3.05) is 7.11 Å². The summed E-state index contributed by atoms with van der Waals surface area (Å²) in [5, 5.41) is 3.61. The van der Waals surface area contributed by atoms with Crippen molar-refractivity contribution in [2.24, 2.45) is 11.8 Å². The smallest absolute Gasteiger partial charge is 0.213 e. The van der Waals surface area contributed by atoms with Gasteiger partial charge in [-0.3, -0.25) is 0 Å². The number of rotatable bonds is 4. The van der Waals surface area contributed by atoms with Crippen LogP contribution in [-0.2, 0) is 6.54 Å². The highest BCUT2D eigenvalue weighted by atomic mass is 16.5. The van der Waals surface area contributed by atoms with E-state index in [2.05, 4.69) is 24.1 Å². The first-order valence-corrected chi connectivity index (χ1v) is 6.44. The first-order valence-electron chi connectivity index (χ1n) is 6.44. The Balaban J connectivity index is 1.89. The van der Waals surface area contributed by atoms with E-state index in [-0.39, 0.29) is 0 Å². The normalized spacial score (nSPS) is 28.3. The molecule has 1 saturated carbocycles. The predicted molar refractivity (Wildman–Crippen MR) is 69.0 cm³/mol. The largest absolute Gasteiger partial charge is 0.481 e. The Morgan fingerprint density at radius 2 is 2.18 bits per heavy atom. The molecule has 17 heavy (non-hydrogen) atoms. The van der Waals surface area contributed by atoms with Gasteiger partial charge in [0.15, 0.2) is 0 Å². The third kappa shape index (κ3) is 2.97. The Labute approximate surface area is 104 Å². The average Bonchev–Trinajstić information content (AvgIpc) is 2.68. The third-order valence-corrected chi connectivity index (χ3v) is 4.00. The van der Waals surface area contributed by atoms with Gasteiger partial charge < -0.3 is 10.1 Å². The molecule has 0 aliphatic heterocycles. The van der Waals surface area contributed by atoms with E-state index in [9.17, 15) is 0 Å².